The molecular weight excluding hydrogens is 504 g/mol. The molecule has 0 fully saturated rings. The van der Waals surface area contributed by atoms with Crippen LogP contribution in [0.4, 0.5) is 0 Å². The Morgan fingerprint density at radius 1 is 1.05 bits per heavy atom. The zero-order valence-corrected chi connectivity index (χ0v) is 22.2. The quantitative estimate of drug-likeness (QED) is 0.379. The van der Waals surface area contributed by atoms with Gasteiger partial charge in [-0.1, -0.05) is 24.3 Å². The average Bonchev–Trinajstić information content (AvgIpc) is 3.25. The highest BCUT2D eigenvalue weighted by molar-refractivity contribution is 7.99. The maximum Gasteiger partial charge on any atom is 0.257 e. The molecule has 4 heterocycles. The number of nitrogens with zero attached hydrogens (tertiary/aromatic N) is 1. The van der Waals surface area contributed by atoms with Crippen LogP contribution in [0.25, 0.3) is 5.69 Å². The summed E-state index contributed by atoms with van der Waals surface area (Å²) in [5, 5.41) is 3.04. The maximum absolute atomic E-state index is 13.6. The summed E-state index contributed by atoms with van der Waals surface area (Å²) in [5.41, 5.74) is 2.47. The molecule has 2 aliphatic rings. The van der Waals surface area contributed by atoms with Crippen molar-refractivity contribution in [1.82, 2.24) is 9.88 Å². The SMILES string of the molecule is Cc1ccc([C@H]2Cc3c(C(=O)NC[C@@H]4COc5ccccc5O4)c(=O)cc(C)n3-c3ccccc3S2)s1. The molecule has 0 bridgehead atoms. The third-order valence-corrected chi connectivity index (χ3v) is 9.18. The minimum absolute atomic E-state index is 0.0907. The number of thiophene rings is 1. The van der Waals surface area contributed by atoms with E-state index < -0.39 is 0 Å². The maximum atomic E-state index is 13.6. The third kappa shape index (κ3) is 4.55. The topological polar surface area (TPSA) is 69.6 Å². The molecule has 0 aliphatic carbocycles. The summed E-state index contributed by atoms with van der Waals surface area (Å²) in [7, 11) is 0. The van der Waals surface area contributed by atoms with Crippen molar-refractivity contribution in [3.63, 3.8) is 0 Å². The van der Waals surface area contributed by atoms with Crippen molar-refractivity contribution in [2.24, 2.45) is 0 Å². The van der Waals surface area contributed by atoms with Gasteiger partial charge >= 0.3 is 0 Å². The number of nitrogens with one attached hydrogen (secondary N) is 1. The number of carbonyl (C=O) groups excluding carboxylic acids is 1. The number of pyridine rings is 1. The van der Waals surface area contributed by atoms with Crippen molar-refractivity contribution in [2.75, 3.05) is 13.2 Å². The molecule has 2 aliphatic heterocycles. The van der Waals surface area contributed by atoms with Crippen molar-refractivity contribution in [1.29, 1.82) is 0 Å². The fourth-order valence-electron chi connectivity index (χ4n) is 4.92. The van der Waals surface area contributed by atoms with Crippen LogP contribution in [-0.4, -0.2) is 29.7 Å². The van der Waals surface area contributed by atoms with E-state index in [1.807, 2.05) is 43.3 Å². The molecule has 188 valence electrons. The highest BCUT2D eigenvalue weighted by atomic mass is 32.2. The molecule has 0 saturated carbocycles. The molecule has 1 N–H and O–H groups in total. The second-order valence-corrected chi connectivity index (χ2v) is 11.8. The summed E-state index contributed by atoms with van der Waals surface area (Å²) >= 11 is 3.54. The smallest absolute Gasteiger partial charge is 0.257 e. The van der Waals surface area contributed by atoms with E-state index in [-0.39, 0.29) is 34.8 Å². The van der Waals surface area contributed by atoms with Gasteiger partial charge in [0.25, 0.3) is 5.91 Å². The van der Waals surface area contributed by atoms with E-state index in [9.17, 15) is 9.59 Å². The predicted octanol–water partition coefficient (Wildman–Crippen LogP) is 5.48. The van der Waals surface area contributed by atoms with Crippen LogP contribution >= 0.6 is 23.1 Å². The molecule has 6 nitrogen and oxygen atoms in total. The van der Waals surface area contributed by atoms with Crippen LogP contribution in [0, 0.1) is 13.8 Å². The summed E-state index contributed by atoms with van der Waals surface area (Å²) in [6.07, 6.45) is 0.221. The van der Waals surface area contributed by atoms with Crippen LogP contribution in [0.15, 0.2) is 76.4 Å². The van der Waals surface area contributed by atoms with Crippen LogP contribution in [0.1, 0.15) is 36.8 Å². The summed E-state index contributed by atoms with van der Waals surface area (Å²) in [5.74, 6) is 0.958. The number of rotatable bonds is 4. The highest BCUT2D eigenvalue weighted by Crippen LogP contribution is 2.46. The van der Waals surface area contributed by atoms with Crippen molar-refractivity contribution in [3.8, 4) is 17.2 Å². The Bertz CT molecular complexity index is 1560. The predicted molar refractivity (Wildman–Crippen MR) is 147 cm³/mol. The monoisotopic (exact) mass is 530 g/mol. The lowest BCUT2D eigenvalue weighted by atomic mass is 10.0. The van der Waals surface area contributed by atoms with Crippen molar-refractivity contribution < 1.29 is 14.3 Å². The Labute approximate surface area is 223 Å². The molecule has 37 heavy (non-hydrogen) atoms. The standard InChI is InChI=1S/C29H26N2O4S2/c1-17-13-22(32)28(29(33)30-15-19-16-34-23-8-4-5-9-24(23)35-19)21-14-27(26-12-11-18(2)36-26)37-25-10-6-3-7-20(25)31(17)21/h3-13,19,27H,14-16H2,1-2H3,(H,30,33)/t19-,27-/m1/s1. The number of thioether (sulfide) groups is 1. The van der Waals surface area contributed by atoms with Crippen molar-refractivity contribution in [2.45, 2.75) is 36.5 Å². The molecule has 2 aromatic carbocycles. The van der Waals surface area contributed by atoms with Gasteiger partial charge in [0.1, 0.15) is 18.3 Å². The molecule has 2 atom stereocenters. The van der Waals surface area contributed by atoms with E-state index >= 15 is 0 Å². The normalized spacial score (nSPS) is 17.9. The van der Waals surface area contributed by atoms with E-state index in [2.05, 4.69) is 41.1 Å². The van der Waals surface area contributed by atoms with Crippen LogP contribution < -0.4 is 20.2 Å². The number of amides is 1. The first kappa shape index (κ1) is 23.9. The molecule has 4 aromatic rings. The number of fused-ring (bicyclic) bond motifs is 4. The first-order valence-corrected chi connectivity index (χ1v) is 13.9. The van der Waals surface area contributed by atoms with Gasteiger partial charge in [-0.15, -0.1) is 23.1 Å². The molecule has 1 amide bonds. The Balaban J connectivity index is 1.35. The number of benzene rings is 2. The van der Waals surface area contributed by atoms with E-state index in [0.717, 1.165) is 22.0 Å². The molecule has 0 unspecified atom stereocenters. The Hall–Kier alpha value is -3.49. The van der Waals surface area contributed by atoms with Gasteiger partial charge in [-0.2, -0.15) is 0 Å². The number of hydrogen-bond donors (Lipinski definition) is 1. The van der Waals surface area contributed by atoms with Gasteiger partial charge in [0.15, 0.2) is 16.9 Å². The number of carbonyl (C=O) groups is 1. The Morgan fingerprint density at radius 3 is 2.65 bits per heavy atom. The average molecular weight is 531 g/mol. The van der Waals surface area contributed by atoms with E-state index in [0.29, 0.717) is 24.5 Å². The Kier molecular flexibility index (Phi) is 6.30. The summed E-state index contributed by atoms with van der Waals surface area (Å²) < 4.78 is 13.9. The number of hydrogen-bond acceptors (Lipinski definition) is 6. The molecule has 6 rings (SSSR count). The minimum Gasteiger partial charge on any atom is -0.486 e. The molecule has 0 saturated heterocycles. The van der Waals surface area contributed by atoms with Crippen molar-refractivity contribution >= 4 is 29.0 Å². The molecule has 2 aromatic heterocycles. The van der Waals surface area contributed by atoms with Crippen LogP contribution in [-0.2, 0) is 6.42 Å². The van der Waals surface area contributed by atoms with E-state index in [4.69, 9.17) is 9.47 Å². The van der Waals surface area contributed by atoms with E-state index in [1.54, 1.807) is 29.2 Å². The first-order valence-electron chi connectivity index (χ1n) is 12.2. The van der Waals surface area contributed by atoms with Crippen LogP contribution in [0.5, 0.6) is 11.5 Å². The minimum atomic E-state index is -0.387. The number of aryl methyl sites for hydroxylation is 2. The summed E-state index contributed by atoms with van der Waals surface area (Å²) in [4.78, 5) is 30.5. The van der Waals surface area contributed by atoms with Gasteiger partial charge in [0.05, 0.1) is 12.2 Å². The third-order valence-electron chi connectivity index (χ3n) is 6.62. The zero-order valence-electron chi connectivity index (χ0n) is 20.5. The van der Waals surface area contributed by atoms with Crippen LogP contribution in [0.2, 0.25) is 0 Å². The molecule has 8 heteroatoms. The lowest BCUT2D eigenvalue weighted by Crippen LogP contribution is -2.42. The number of aromatic nitrogens is 1. The van der Waals surface area contributed by atoms with Gasteiger partial charge in [0.2, 0.25) is 0 Å². The number of ether oxygens (including phenoxy) is 2. The van der Waals surface area contributed by atoms with Gasteiger partial charge < -0.3 is 19.4 Å². The van der Waals surface area contributed by atoms with E-state index in [1.165, 1.54) is 9.75 Å². The fraction of sp³-hybridized carbons (Fsp3) is 0.241. The second-order valence-electron chi connectivity index (χ2n) is 9.24. The van der Waals surface area contributed by atoms with Gasteiger partial charge in [-0.25, -0.2) is 0 Å². The van der Waals surface area contributed by atoms with Crippen molar-refractivity contribution in [3.05, 3.63) is 104 Å². The second kappa shape index (κ2) is 9.76. The number of para-hydroxylation sites is 3. The highest BCUT2D eigenvalue weighted by Gasteiger charge is 2.30. The van der Waals surface area contributed by atoms with Gasteiger partial charge in [-0.3, -0.25) is 9.59 Å². The Morgan fingerprint density at radius 2 is 1.84 bits per heavy atom. The molecule has 0 spiro atoms. The zero-order chi connectivity index (χ0) is 25.5. The van der Waals surface area contributed by atoms with Gasteiger partial charge in [-0.05, 0) is 50.2 Å². The van der Waals surface area contributed by atoms with Crippen LogP contribution in [0.3, 0.4) is 0 Å². The first-order chi connectivity index (χ1) is 18.0. The van der Waals surface area contributed by atoms with Gasteiger partial charge in [0, 0.05) is 43.8 Å². The largest absolute Gasteiger partial charge is 0.486 e. The lowest BCUT2D eigenvalue weighted by molar-refractivity contribution is 0.0787. The fourth-order valence-corrected chi connectivity index (χ4v) is 7.25. The molecule has 0 radical (unpaired) electrons. The molecular formula is C29H26N2O4S2. The summed E-state index contributed by atoms with van der Waals surface area (Å²) in [6.45, 7) is 4.58. The summed E-state index contributed by atoms with van der Waals surface area (Å²) in [6, 6.07) is 21.5. The lowest BCUT2D eigenvalue weighted by Gasteiger charge is -2.26.